The van der Waals surface area contributed by atoms with Crippen molar-refractivity contribution in [3.8, 4) is 11.1 Å². The van der Waals surface area contributed by atoms with Gasteiger partial charge in [0, 0.05) is 30.4 Å². The van der Waals surface area contributed by atoms with Crippen LogP contribution in [0.4, 0.5) is 0 Å². The first kappa shape index (κ1) is 28.5. The summed E-state index contributed by atoms with van der Waals surface area (Å²) in [5, 5.41) is 4.36. The highest BCUT2D eigenvalue weighted by Crippen LogP contribution is 2.36. The van der Waals surface area contributed by atoms with Crippen molar-refractivity contribution in [3.63, 3.8) is 0 Å². The van der Waals surface area contributed by atoms with Gasteiger partial charge in [0.05, 0.1) is 22.2 Å². The van der Waals surface area contributed by atoms with Crippen LogP contribution in [0.2, 0.25) is 10.0 Å². The molecule has 0 spiro atoms. The minimum absolute atomic E-state index is 0.196. The molecule has 0 bridgehead atoms. The topological polar surface area (TPSA) is 55.3 Å². The molecule has 0 unspecified atom stereocenters. The molecular formula is C28H33Cl2N3O2. The Morgan fingerprint density at radius 2 is 1.69 bits per heavy atom. The summed E-state index contributed by atoms with van der Waals surface area (Å²) in [4.78, 5) is 21.2. The maximum absolute atomic E-state index is 10.3. The van der Waals surface area contributed by atoms with Gasteiger partial charge in [-0.3, -0.25) is 4.79 Å². The van der Waals surface area contributed by atoms with Crippen LogP contribution in [0, 0.1) is 6.92 Å². The van der Waals surface area contributed by atoms with Crippen molar-refractivity contribution in [2.24, 2.45) is 0 Å². The van der Waals surface area contributed by atoms with Crippen molar-refractivity contribution in [2.75, 3.05) is 27.2 Å². The zero-order valence-corrected chi connectivity index (χ0v) is 22.7. The summed E-state index contributed by atoms with van der Waals surface area (Å²) in [5.41, 5.74) is 3.09. The molecule has 1 aromatic heterocycles. The fourth-order valence-electron chi connectivity index (χ4n) is 3.46. The standard InChI is InChI=1S/C19H12Cl2N2.C7H15NO2.C2H6/c1-11-22-10-13-8-16(12-6-7-17(20)18(21)9-12)14-4-2-3-5-15(14)19(13)23-11;1-7(9)10-6-4-5-8(2)3;1-2/h2-10H,1H3;4-6H2,1-3H3;1-2H3. The van der Waals surface area contributed by atoms with Gasteiger partial charge in [0.25, 0.3) is 0 Å². The van der Waals surface area contributed by atoms with E-state index in [0.717, 1.165) is 51.6 Å². The van der Waals surface area contributed by atoms with E-state index in [1.807, 2.05) is 71.4 Å². The number of carbonyl (C=O) groups excluding carboxylic acids is 1. The van der Waals surface area contributed by atoms with Gasteiger partial charge in [-0.2, -0.15) is 0 Å². The second kappa shape index (κ2) is 14.0. The molecule has 0 aliphatic carbocycles. The summed E-state index contributed by atoms with van der Waals surface area (Å²) in [7, 11) is 3.99. The predicted molar refractivity (Wildman–Crippen MR) is 148 cm³/mol. The predicted octanol–water partition coefficient (Wildman–Crippen LogP) is 7.59. The molecule has 186 valence electrons. The van der Waals surface area contributed by atoms with Crippen LogP contribution in [-0.4, -0.2) is 48.1 Å². The number of carbonyl (C=O) groups is 1. The Labute approximate surface area is 218 Å². The monoisotopic (exact) mass is 513 g/mol. The molecule has 1 heterocycles. The number of benzene rings is 3. The average Bonchev–Trinajstić information content (AvgIpc) is 2.85. The maximum Gasteiger partial charge on any atom is 0.302 e. The molecule has 0 aliphatic rings. The normalized spacial score (nSPS) is 10.4. The molecule has 4 aromatic rings. The van der Waals surface area contributed by atoms with Crippen LogP contribution >= 0.6 is 23.2 Å². The van der Waals surface area contributed by atoms with E-state index >= 15 is 0 Å². The van der Waals surface area contributed by atoms with Crippen molar-refractivity contribution >= 4 is 50.8 Å². The van der Waals surface area contributed by atoms with Crippen LogP contribution < -0.4 is 0 Å². The zero-order chi connectivity index (χ0) is 26.0. The van der Waals surface area contributed by atoms with E-state index in [1.165, 1.54) is 6.92 Å². The lowest BCUT2D eigenvalue weighted by Crippen LogP contribution is -2.15. The van der Waals surface area contributed by atoms with Crippen molar-refractivity contribution in [3.05, 3.63) is 70.6 Å². The maximum atomic E-state index is 10.3. The lowest BCUT2D eigenvalue weighted by Gasteiger charge is -2.11. The highest BCUT2D eigenvalue weighted by Gasteiger charge is 2.11. The summed E-state index contributed by atoms with van der Waals surface area (Å²) in [6.07, 6.45) is 2.78. The third-order valence-corrected chi connectivity index (χ3v) is 5.73. The highest BCUT2D eigenvalue weighted by molar-refractivity contribution is 6.42. The largest absolute Gasteiger partial charge is 0.466 e. The van der Waals surface area contributed by atoms with Gasteiger partial charge in [-0.15, -0.1) is 0 Å². The van der Waals surface area contributed by atoms with Gasteiger partial charge in [-0.25, -0.2) is 9.97 Å². The van der Waals surface area contributed by atoms with Gasteiger partial charge in [0.1, 0.15) is 5.82 Å². The number of aromatic nitrogens is 2. The molecule has 0 fully saturated rings. The van der Waals surface area contributed by atoms with E-state index in [9.17, 15) is 4.79 Å². The highest BCUT2D eigenvalue weighted by atomic mass is 35.5. The van der Waals surface area contributed by atoms with E-state index in [4.69, 9.17) is 27.9 Å². The number of rotatable bonds is 5. The molecule has 7 heteroatoms. The summed E-state index contributed by atoms with van der Waals surface area (Å²) in [5.74, 6) is 0.573. The summed E-state index contributed by atoms with van der Waals surface area (Å²) in [6, 6.07) is 16.1. The molecule has 35 heavy (non-hydrogen) atoms. The smallest absolute Gasteiger partial charge is 0.302 e. The average molecular weight is 514 g/mol. The van der Waals surface area contributed by atoms with Gasteiger partial charge in [-0.05, 0) is 62.2 Å². The van der Waals surface area contributed by atoms with Gasteiger partial charge in [-0.1, -0.05) is 67.4 Å². The fraction of sp³-hybridized carbons (Fsp3) is 0.321. The summed E-state index contributed by atoms with van der Waals surface area (Å²) >= 11 is 12.2. The molecule has 0 aliphatic heterocycles. The molecule has 0 radical (unpaired) electrons. The number of halogens is 2. The second-order valence-electron chi connectivity index (χ2n) is 7.95. The van der Waals surface area contributed by atoms with Crippen LogP contribution in [0.15, 0.2) is 54.7 Å². The molecule has 0 N–H and O–H groups in total. The van der Waals surface area contributed by atoms with Crippen molar-refractivity contribution in [1.82, 2.24) is 14.9 Å². The lowest BCUT2D eigenvalue weighted by molar-refractivity contribution is -0.141. The van der Waals surface area contributed by atoms with Crippen LogP contribution in [0.3, 0.4) is 0 Å². The van der Waals surface area contributed by atoms with Crippen LogP contribution in [-0.2, 0) is 9.53 Å². The van der Waals surface area contributed by atoms with Crippen molar-refractivity contribution < 1.29 is 9.53 Å². The summed E-state index contributed by atoms with van der Waals surface area (Å²) in [6.45, 7) is 8.83. The van der Waals surface area contributed by atoms with E-state index in [2.05, 4.69) is 33.1 Å². The Balaban J connectivity index is 0.000000307. The summed E-state index contributed by atoms with van der Waals surface area (Å²) < 4.78 is 4.73. The number of fused-ring (bicyclic) bond motifs is 3. The first-order valence-electron chi connectivity index (χ1n) is 11.6. The Hall–Kier alpha value is -2.73. The van der Waals surface area contributed by atoms with E-state index in [1.54, 1.807) is 0 Å². The minimum atomic E-state index is -0.196. The number of hydrogen-bond donors (Lipinski definition) is 0. The van der Waals surface area contributed by atoms with Crippen LogP contribution in [0.25, 0.3) is 32.8 Å². The van der Waals surface area contributed by atoms with Crippen molar-refractivity contribution in [2.45, 2.75) is 34.1 Å². The van der Waals surface area contributed by atoms with E-state index in [0.29, 0.717) is 16.7 Å². The van der Waals surface area contributed by atoms with Crippen molar-refractivity contribution in [1.29, 1.82) is 0 Å². The molecule has 5 nitrogen and oxygen atoms in total. The molecule has 0 saturated carbocycles. The van der Waals surface area contributed by atoms with Gasteiger partial charge < -0.3 is 9.64 Å². The number of aryl methyl sites for hydroxylation is 1. The van der Waals surface area contributed by atoms with Gasteiger partial charge >= 0.3 is 5.97 Å². The first-order valence-corrected chi connectivity index (χ1v) is 12.4. The van der Waals surface area contributed by atoms with E-state index < -0.39 is 0 Å². The minimum Gasteiger partial charge on any atom is -0.466 e. The Bertz CT molecular complexity index is 1280. The quantitative estimate of drug-likeness (QED) is 0.156. The number of nitrogens with zero attached hydrogens (tertiary/aromatic N) is 3. The Kier molecular flexibility index (Phi) is 11.4. The van der Waals surface area contributed by atoms with Gasteiger partial charge in [0.15, 0.2) is 0 Å². The molecule has 0 saturated heterocycles. The van der Waals surface area contributed by atoms with Crippen LogP contribution in [0.1, 0.15) is 33.0 Å². The number of ether oxygens (including phenoxy) is 1. The third kappa shape index (κ3) is 8.17. The Morgan fingerprint density at radius 3 is 2.31 bits per heavy atom. The lowest BCUT2D eigenvalue weighted by atomic mass is 9.96. The zero-order valence-electron chi connectivity index (χ0n) is 21.2. The van der Waals surface area contributed by atoms with E-state index in [-0.39, 0.29) is 5.97 Å². The molecule has 3 aromatic carbocycles. The molecule has 4 rings (SSSR count). The Morgan fingerprint density at radius 1 is 1.00 bits per heavy atom. The number of hydrogen-bond acceptors (Lipinski definition) is 5. The SMILES string of the molecule is CC.CC(=O)OCCCN(C)C.Cc1ncc2cc(-c3ccc(Cl)c(Cl)c3)c3ccccc3c2n1. The first-order chi connectivity index (χ1) is 16.8. The third-order valence-electron chi connectivity index (χ3n) is 5.00. The van der Waals surface area contributed by atoms with Gasteiger partial charge in [0.2, 0.25) is 0 Å². The molecular weight excluding hydrogens is 481 g/mol. The molecule has 0 atom stereocenters. The number of esters is 1. The molecule has 0 amide bonds. The fourth-order valence-corrected chi connectivity index (χ4v) is 3.76. The second-order valence-corrected chi connectivity index (χ2v) is 8.76. The van der Waals surface area contributed by atoms with Crippen LogP contribution in [0.5, 0.6) is 0 Å².